The molecule has 0 saturated carbocycles. The summed E-state index contributed by atoms with van der Waals surface area (Å²) in [7, 11) is 0. The molecule has 0 aliphatic carbocycles. The topological polar surface area (TPSA) is 23.0 Å². The second kappa shape index (κ2) is 12.5. The van der Waals surface area contributed by atoms with Gasteiger partial charge in [0, 0.05) is 54.8 Å². The summed E-state index contributed by atoms with van der Waals surface area (Å²) in [5, 5.41) is 7.20. The maximum absolute atomic E-state index is 6.45. The molecule has 9 aromatic carbocycles. The fourth-order valence-electron chi connectivity index (χ4n) is 9.22. The molecule has 0 N–H and O–H groups in total. The first-order chi connectivity index (χ1) is 28.3. The summed E-state index contributed by atoms with van der Waals surface area (Å²) in [6, 6.07) is 74.5. The molecular weight excluding hydrogens is 693 g/mol. The Kier molecular flexibility index (Phi) is 6.93. The number of nitrogens with zero attached hydrogens (tertiary/aromatic N) is 2. The van der Waals surface area contributed by atoms with Gasteiger partial charge in [0.1, 0.15) is 11.2 Å². The Labute approximate surface area is 328 Å². The Balaban J connectivity index is 1.12. The van der Waals surface area contributed by atoms with Crippen molar-refractivity contribution >= 4 is 65.6 Å². The van der Waals surface area contributed by atoms with Gasteiger partial charge < -0.3 is 13.6 Å². The summed E-state index contributed by atoms with van der Waals surface area (Å²) in [4.78, 5) is 0. The third kappa shape index (κ3) is 4.79. The second-order valence-corrected chi connectivity index (χ2v) is 14.9. The van der Waals surface area contributed by atoms with Crippen molar-refractivity contribution in [1.29, 1.82) is 0 Å². The fourth-order valence-corrected chi connectivity index (χ4v) is 9.22. The highest BCUT2D eigenvalue weighted by Gasteiger charge is 2.22. The van der Waals surface area contributed by atoms with Crippen molar-refractivity contribution in [3.05, 3.63) is 206 Å². The van der Waals surface area contributed by atoms with Crippen molar-refractivity contribution in [2.24, 2.45) is 0 Å². The van der Waals surface area contributed by atoms with E-state index in [1.54, 1.807) is 0 Å². The van der Waals surface area contributed by atoms with Crippen LogP contribution in [0.1, 0.15) is 0 Å². The van der Waals surface area contributed by atoms with Crippen LogP contribution in [0.2, 0.25) is 0 Å². The van der Waals surface area contributed by atoms with E-state index in [1.807, 2.05) is 12.1 Å². The van der Waals surface area contributed by atoms with Gasteiger partial charge in [-0.15, -0.1) is 0 Å². The number of fused-ring (bicyclic) bond motifs is 9. The van der Waals surface area contributed by atoms with Gasteiger partial charge in [-0.05, 0) is 76.9 Å². The standard InChI is InChI=1S/C54H34N2O/c1-3-15-35(16-4-1)46-34-51-48(41-20-8-10-26-49(41)55(51)37-17-5-2-6-18-37)33-47(46)44-24-14-23-43-40-19-7-11-27-50(40)56(53(43)44)38-31-29-36(30-32-38)39-22-13-25-45-42-21-9-12-28-52(42)57-54(39)45/h1-34H. The predicted octanol–water partition coefficient (Wildman–Crippen LogP) is 14.8. The number of aromatic nitrogens is 2. The average Bonchev–Trinajstić information content (AvgIpc) is 3.94. The molecule has 57 heavy (non-hydrogen) atoms. The van der Waals surface area contributed by atoms with Crippen LogP contribution in [-0.2, 0) is 0 Å². The molecule has 266 valence electrons. The lowest BCUT2D eigenvalue weighted by atomic mass is 9.91. The number of hydrogen-bond donors (Lipinski definition) is 0. The Morgan fingerprint density at radius 2 is 0.860 bits per heavy atom. The van der Waals surface area contributed by atoms with Crippen molar-refractivity contribution in [3.8, 4) is 44.8 Å². The minimum absolute atomic E-state index is 0.909. The third-order valence-electron chi connectivity index (χ3n) is 11.7. The largest absolute Gasteiger partial charge is 0.455 e. The lowest BCUT2D eigenvalue weighted by Crippen LogP contribution is -1.97. The van der Waals surface area contributed by atoms with Crippen LogP contribution in [0.25, 0.3) is 110 Å². The second-order valence-electron chi connectivity index (χ2n) is 14.9. The number of hydrogen-bond acceptors (Lipinski definition) is 1. The van der Waals surface area contributed by atoms with E-state index in [0.29, 0.717) is 0 Å². The van der Waals surface area contributed by atoms with Gasteiger partial charge in [0.15, 0.2) is 0 Å². The normalized spacial score (nSPS) is 11.9. The van der Waals surface area contributed by atoms with Gasteiger partial charge in [0.2, 0.25) is 0 Å². The van der Waals surface area contributed by atoms with Gasteiger partial charge >= 0.3 is 0 Å². The highest BCUT2D eigenvalue weighted by atomic mass is 16.3. The summed E-state index contributed by atoms with van der Waals surface area (Å²) in [6.45, 7) is 0. The molecule has 0 bridgehead atoms. The van der Waals surface area contributed by atoms with E-state index in [0.717, 1.165) is 44.4 Å². The van der Waals surface area contributed by atoms with Gasteiger partial charge in [0.25, 0.3) is 0 Å². The van der Waals surface area contributed by atoms with Crippen molar-refractivity contribution in [2.45, 2.75) is 0 Å². The Bertz CT molecular complexity index is 3490. The predicted molar refractivity (Wildman–Crippen MR) is 239 cm³/mol. The molecule has 12 rings (SSSR count). The fraction of sp³-hybridized carbons (Fsp3) is 0. The molecule has 0 atom stereocenters. The SMILES string of the molecule is c1ccc(-c2cc3c(cc2-c2cccc4c5ccccc5n(-c5ccc(-c6cccc7c6oc6ccccc67)cc5)c24)c2ccccc2n3-c2ccccc2)cc1. The molecule has 0 aliphatic heterocycles. The molecule has 0 unspecified atom stereocenters. The van der Waals surface area contributed by atoms with Crippen LogP contribution in [0, 0.1) is 0 Å². The number of benzene rings is 9. The van der Waals surface area contributed by atoms with E-state index in [9.17, 15) is 0 Å². The smallest absolute Gasteiger partial charge is 0.143 e. The van der Waals surface area contributed by atoms with Crippen LogP contribution in [0.4, 0.5) is 0 Å². The first-order valence-corrected chi connectivity index (χ1v) is 19.5. The van der Waals surface area contributed by atoms with E-state index < -0.39 is 0 Å². The van der Waals surface area contributed by atoms with Crippen LogP contribution in [0.5, 0.6) is 0 Å². The lowest BCUT2D eigenvalue weighted by Gasteiger charge is -2.17. The molecule has 3 heteroatoms. The molecule has 12 aromatic rings. The van der Waals surface area contributed by atoms with E-state index >= 15 is 0 Å². The zero-order valence-electron chi connectivity index (χ0n) is 30.9. The van der Waals surface area contributed by atoms with Gasteiger partial charge in [-0.1, -0.05) is 152 Å². The molecule has 0 spiro atoms. The zero-order valence-corrected chi connectivity index (χ0v) is 30.9. The Hall–Kier alpha value is -7.62. The summed E-state index contributed by atoms with van der Waals surface area (Å²) < 4.78 is 11.3. The van der Waals surface area contributed by atoms with Crippen LogP contribution in [-0.4, -0.2) is 9.13 Å². The van der Waals surface area contributed by atoms with E-state index in [1.165, 1.54) is 65.9 Å². The van der Waals surface area contributed by atoms with Crippen LogP contribution in [0.3, 0.4) is 0 Å². The monoisotopic (exact) mass is 726 g/mol. The Morgan fingerprint density at radius 3 is 1.63 bits per heavy atom. The van der Waals surface area contributed by atoms with Crippen LogP contribution in [0.15, 0.2) is 211 Å². The summed E-state index contributed by atoms with van der Waals surface area (Å²) in [5.74, 6) is 0. The quantitative estimate of drug-likeness (QED) is 0.173. The molecule has 0 saturated heterocycles. The molecule has 0 fully saturated rings. The van der Waals surface area contributed by atoms with Gasteiger partial charge in [-0.25, -0.2) is 0 Å². The molecule has 0 amide bonds. The third-order valence-corrected chi connectivity index (χ3v) is 11.7. The summed E-state index contributed by atoms with van der Waals surface area (Å²) in [6.07, 6.45) is 0. The first-order valence-electron chi connectivity index (χ1n) is 19.5. The van der Waals surface area contributed by atoms with Crippen molar-refractivity contribution in [1.82, 2.24) is 9.13 Å². The van der Waals surface area contributed by atoms with Crippen LogP contribution >= 0.6 is 0 Å². The van der Waals surface area contributed by atoms with Crippen molar-refractivity contribution in [2.75, 3.05) is 0 Å². The van der Waals surface area contributed by atoms with Crippen molar-refractivity contribution < 1.29 is 4.42 Å². The van der Waals surface area contributed by atoms with E-state index in [-0.39, 0.29) is 0 Å². The average molecular weight is 727 g/mol. The van der Waals surface area contributed by atoms with Crippen LogP contribution < -0.4 is 0 Å². The number of furan rings is 1. The molecule has 3 aromatic heterocycles. The minimum Gasteiger partial charge on any atom is -0.455 e. The lowest BCUT2D eigenvalue weighted by molar-refractivity contribution is 0.670. The Morgan fingerprint density at radius 1 is 0.298 bits per heavy atom. The van der Waals surface area contributed by atoms with E-state index in [2.05, 4.69) is 203 Å². The van der Waals surface area contributed by atoms with Crippen molar-refractivity contribution in [3.63, 3.8) is 0 Å². The summed E-state index contributed by atoms with van der Waals surface area (Å²) in [5.41, 5.74) is 15.8. The molecule has 0 aliphatic rings. The van der Waals surface area contributed by atoms with Gasteiger partial charge in [0.05, 0.1) is 22.1 Å². The van der Waals surface area contributed by atoms with Gasteiger partial charge in [-0.3, -0.25) is 0 Å². The zero-order chi connectivity index (χ0) is 37.5. The maximum atomic E-state index is 6.45. The van der Waals surface area contributed by atoms with Gasteiger partial charge in [-0.2, -0.15) is 0 Å². The molecule has 3 heterocycles. The maximum Gasteiger partial charge on any atom is 0.143 e. The molecule has 0 radical (unpaired) electrons. The number of para-hydroxylation sites is 6. The molecular formula is C54H34N2O. The molecule has 3 nitrogen and oxygen atoms in total. The highest BCUT2D eigenvalue weighted by Crippen LogP contribution is 2.45. The first kappa shape index (κ1) is 31.7. The summed E-state index contributed by atoms with van der Waals surface area (Å²) >= 11 is 0. The highest BCUT2D eigenvalue weighted by molar-refractivity contribution is 6.18. The number of rotatable bonds is 5. The van der Waals surface area contributed by atoms with E-state index in [4.69, 9.17) is 4.42 Å². The minimum atomic E-state index is 0.909.